The molecule has 0 spiro atoms. The van der Waals surface area contributed by atoms with Crippen molar-refractivity contribution in [1.82, 2.24) is 10.2 Å². The zero-order chi connectivity index (χ0) is 23.4. The standard InChI is InChI=1S/C26H33ClN2O3S/c1-33(31,32)23-12-8-21(9-13-23)26(30)28-24-4-2-3-5-25(24)29-16-14-20(15-17-29)18-19-6-10-22(27)11-7-19/h6-13,20,24-25H,2-5,14-18H2,1H3,(H,28,30)/t24-,25+/m1/s1. The Bertz CT molecular complexity index is 1050. The number of hydrogen-bond donors (Lipinski definition) is 1. The normalized spacial score (nSPS) is 22.7. The first-order valence-electron chi connectivity index (χ1n) is 11.9. The van der Waals surface area contributed by atoms with Crippen molar-refractivity contribution < 1.29 is 13.2 Å². The van der Waals surface area contributed by atoms with Crippen LogP contribution in [0.4, 0.5) is 0 Å². The molecule has 178 valence electrons. The van der Waals surface area contributed by atoms with E-state index in [9.17, 15) is 13.2 Å². The molecule has 1 aliphatic heterocycles. The van der Waals surface area contributed by atoms with Gasteiger partial charge in [0, 0.05) is 28.9 Å². The van der Waals surface area contributed by atoms with Crippen LogP contribution in [0.3, 0.4) is 0 Å². The van der Waals surface area contributed by atoms with E-state index in [1.807, 2.05) is 12.1 Å². The summed E-state index contributed by atoms with van der Waals surface area (Å²) >= 11 is 6.01. The largest absolute Gasteiger partial charge is 0.348 e. The van der Waals surface area contributed by atoms with Crippen LogP contribution in [0.1, 0.15) is 54.4 Å². The summed E-state index contributed by atoms with van der Waals surface area (Å²) in [5.74, 6) is 0.567. The monoisotopic (exact) mass is 488 g/mol. The number of likely N-dealkylation sites (tertiary alicyclic amines) is 1. The number of hydrogen-bond acceptors (Lipinski definition) is 4. The van der Waals surface area contributed by atoms with Crippen LogP contribution >= 0.6 is 11.6 Å². The zero-order valence-corrected chi connectivity index (χ0v) is 20.7. The third kappa shape index (κ3) is 6.37. The minimum atomic E-state index is -3.27. The Morgan fingerprint density at radius 1 is 0.970 bits per heavy atom. The second-order valence-corrected chi connectivity index (χ2v) is 12.0. The summed E-state index contributed by atoms with van der Waals surface area (Å²) in [7, 11) is -3.27. The van der Waals surface area contributed by atoms with Crippen molar-refractivity contribution in [3.05, 3.63) is 64.7 Å². The van der Waals surface area contributed by atoms with Crippen LogP contribution in [-0.4, -0.2) is 50.7 Å². The van der Waals surface area contributed by atoms with Gasteiger partial charge >= 0.3 is 0 Å². The molecule has 5 nitrogen and oxygen atoms in total. The molecule has 4 rings (SSSR count). The molecule has 0 radical (unpaired) electrons. The van der Waals surface area contributed by atoms with E-state index in [4.69, 9.17) is 11.6 Å². The minimum Gasteiger partial charge on any atom is -0.348 e. The molecule has 7 heteroatoms. The van der Waals surface area contributed by atoms with Crippen LogP contribution in [0.2, 0.25) is 5.02 Å². The first kappa shape index (κ1) is 24.2. The minimum absolute atomic E-state index is 0.121. The molecular formula is C26H33ClN2O3S. The smallest absolute Gasteiger partial charge is 0.251 e. The van der Waals surface area contributed by atoms with Gasteiger partial charge in [0.1, 0.15) is 0 Å². The molecular weight excluding hydrogens is 456 g/mol. The van der Waals surface area contributed by atoms with Gasteiger partial charge in [-0.1, -0.05) is 36.6 Å². The van der Waals surface area contributed by atoms with Crippen LogP contribution in [0.25, 0.3) is 0 Å². The fourth-order valence-corrected chi connectivity index (χ4v) is 6.02. The summed E-state index contributed by atoms with van der Waals surface area (Å²) < 4.78 is 23.4. The van der Waals surface area contributed by atoms with Gasteiger partial charge in [0.2, 0.25) is 0 Å². The molecule has 2 fully saturated rings. The van der Waals surface area contributed by atoms with E-state index in [0.717, 1.165) is 43.8 Å². The SMILES string of the molecule is CS(=O)(=O)c1ccc(C(=O)N[C@@H]2CCCC[C@@H]2N2CCC(Cc3ccc(Cl)cc3)CC2)cc1. The summed E-state index contributed by atoms with van der Waals surface area (Å²) in [6, 6.07) is 14.9. The predicted octanol–water partition coefficient (Wildman–Crippen LogP) is 4.74. The third-order valence-corrected chi connectivity index (χ3v) is 8.53. The first-order chi connectivity index (χ1) is 15.8. The zero-order valence-electron chi connectivity index (χ0n) is 19.2. The lowest BCUT2D eigenvalue weighted by Gasteiger charge is -2.43. The molecule has 2 aliphatic rings. The third-order valence-electron chi connectivity index (χ3n) is 7.15. The van der Waals surface area contributed by atoms with Gasteiger partial charge in [0.05, 0.1) is 4.90 Å². The van der Waals surface area contributed by atoms with E-state index in [-0.39, 0.29) is 16.8 Å². The van der Waals surface area contributed by atoms with Gasteiger partial charge in [-0.2, -0.15) is 0 Å². The highest BCUT2D eigenvalue weighted by atomic mass is 35.5. The predicted molar refractivity (Wildman–Crippen MR) is 133 cm³/mol. The quantitative estimate of drug-likeness (QED) is 0.637. The summed E-state index contributed by atoms with van der Waals surface area (Å²) in [6.45, 7) is 2.14. The molecule has 0 bridgehead atoms. The van der Waals surface area contributed by atoms with Crippen LogP contribution < -0.4 is 5.32 Å². The Balaban J connectivity index is 1.33. The number of nitrogens with one attached hydrogen (secondary N) is 1. The van der Waals surface area contributed by atoms with Crippen molar-refractivity contribution in [2.24, 2.45) is 5.92 Å². The van der Waals surface area contributed by atoms with Crippen molar-refractivity contribution >= 4 is 27.3 Å². The van der Waals surface area contributed by atoms with Gasteiger partial charge in [0.15, 0.2) is 9.84 Å². The van der Waals surface area contributed by atoms with Gasteiger partial charge < -0.3 is 5.32 Å². The molecule has 1 amide bonds. The Kier molecular flexibility index (Phi) is 7.77. The van der Waals surface area contributed by atoms with Gasteiger partial charge in [0.25, 0.3) is 5.91 Å². The Morgan fingerprint density at radius 3 is 2.24 bits per heavy atom. The summed E-state index contributed by atoms with van der Waals surface area (Å²) in [5.41, 5.74) is 1.86. The number of nitrogens with zero attached hydrogens (tertiary/aromatic N) is 1. The van der Waals surface area contributed by atoms with E-state index in [1.165, 1.54) is 43.2 Å². The van der Waals surface area contributed by atoms with Gasteiger partial charge in [-0.15, -0.1) is 0 Å². The van der Waals surface area contributed by atoms with Gasteiger partial charge in [-0.25, -0.2) is 8.42 Å². The van der Waals surface area contributed by atoms with Crippen LogP contribution in [0, 0.1) is 5.92 Å². The maximum absolute atomic E-state index is 12.9. The lowest BCUT2D eigenvalue weighted by molar-refractivity contribution is 0.0706. The topological polar surface area (TPSA) is 66.5 Å². The number of amides is 1. The number of halogens is 1. The maximum Gasteiger partial charge on any atom is 0.251 e. The molecule has 1 N–H and O–H groups in total. The van der Waals surface area contributed by atoms with E-state index < -0.39 is 9.84 Å². The summed E-state index contributed by atoms with van der Waals surface area (Å²) in [5, 5.41) is 4.04. The molecule has 0 unspecified atom stereocenters. The number of piperidine rings is 1. The molecule has 1 aliphatic carbocycles. The highest BCUT2D eigenvalue weighted by Gasteiger charge is 2.33. The highest BCUT2D eigenvalue weighted by molar-refractivity contribution is 7.90. The second-order valence-electron chi connectivity index (χ2n) is 9.54. The molecule has 1 saturated carbocycles. The van der Waals surface area contributed by atoms with E-state index in [2.05, 4.69) is 22.3 Å². The van der Waals surface area contributed by atoms with Crippen LogP contribution in [0.5, 0.6) is 0 Å². The van der Waals surface area contributed by atoms with Crippen molar-refractivity contribution in [2.45, 2.75) is 61.9 Å². The molecule has 33 heavy (non-hydrogen) atoms. The van der Waals surface area contributed by atoms with Crippen LogP contribution in [-0.2, 0) is 16.3 Å². The molecule has 2 aromatic carbocycles. The fourth-order valence-electron chi connectivity index (χ4n) is 5.26. The fraction of sp³-hybridized carbons (Fsp3) is 0.500. The molecule has 2 atom stereocenters. The number of carbonyl (C=O) groups is 1. The molecule has 1 heterocycles. The number of benzene rings is 2. The second kappa shape index (κ2) is 10.6. The average molecular weight is 489 g/mol. The number of rotatable bonds is 6. The summed E-state index contributed by atoms with van der Waals surface area (Å²) in [4.78, 5) is 15.7. The first-order valence-corrected chi connectivity index (χ1v) is 14.2. The van der Waals surface area contributed by atoms with Crippen molar-refractivity contribution in [2.75, 3.05) is 19.3 Å². The molecule has 0 aromatic heterocycles. The van der Waals surface area contributed by atoms with Gasteiger partial charge in [-0.05, 0) is 93.1 Å². The molecule has 2 aromatic rings. The van der Waals surface area contributed by atoms with E-state index in [1.54, 1.807) is 12.1 Å². The van der Waals surface area contributed by atoms with E-state index >= 15 is 0 Å². The van der Waals surface area contributed by atoms with Gasteiger partial charge in [-0.3, -0.25) is 9.69 Å². The number of sulfone groups is 1. The highest BCUT2D eigenvalue weighted by Crippen LogP contribution is 2.29. The summed E-state index contributed by atoms with van der Waals surface area (Å²) in [6.07, 6.45) is 9.04. The Morgan fingerprint density at radius 2 is 1.61 bits per heavy atom. The lowest BCUT2D eigenvalue weighted by atomic mass is 9.85. The van der Waals surface area contributed by atoms with E-state index in [0.29, 0.717) is 17.5 Å². The van der Waals surface area contributed by atoms with Crippen molar-refractivity contribution in [3.63, 3.8) is 0 Å². The van der Waals surface area contributed by atoms with Crippen molar-refractivity contribution in [1.29, 1.82) is 0 Å². The average Bonchev–Trinajstić information content (AvgIpc) is 2.81. The maximum atomic E-state index is 12.9. The number of carbonyl (C=O) groups excluding carboxylic acids is 1. The van der Waals surface area contributed by atoms with Crippen molar-refractivity contribution in [3.8, 4) is 0 Å². The van der Waals surface area contributed by atoms with Crippen LogP contribution in [0.15, 0.2) is 53.4 Å². The Hall–Kier alpha value is -1.89. The lowest BCUT2D eigenvalue weighted by Crippen LogP contribution is -2.55. The Labute approximate surface area is 202 Å². The molecule has 1 saturated heterocycles.